The molecule has 5 atom stereocenters. The van der Waals surface area contributed by atoms with Crippen LogP contribution in [0.2, 0.25) is 0 Å². The largest absolute Gasteiger partial charge is 0.0594 e. The first-order chi connectivity index (χ1) is 9.73. The van der Waals surface area contributed by atoms with E-state index in [1.54, 1.807) is 0 Å². The minimum Gasteiger partial charge on any atom is -0.0594 e. The molecule has 0 N–H and O–H groups in total. The number of hydrogen-bond acceptors (Lipinski definition) is 0. The van der Waals surface area contributed by atoms with Crippen LogP contribution in [0.3, 0.4) is 0 Å². The molecule has 0 bridgehead atoms. The summed E-state index contributed by atoms with van der Waals surface area (Å²) < 4.78 is 0. The molecule has 21 heavy (non-hydrogen) atoms. The van der Waals surface area contributed by atoms with Crippen molar-refractivity contribution in [3.8, 4) is 0 Å². The van der Waals surface area contributed by atoms with E-state index in [1.807, 2.05) is 0 Å². The van der Waals surface area contributed by atoms with Crippen LogP contribution >= 0.6 is 0 Å². The van der Waals surface area contributed by atoms with Crippen molar-refractivity contribution in [3.63, 3.8) is 0 Å². The highest BCUT2D eigenvalue weighted by atomic mass is 14.8. The van der Waals surface area contributed by atoms with Gasteiger partial charge in [0, 0.05) is 0 Å². The Hall–Kier alpha value is 0. The molecule has 120 valence electrons. The van der Waals surface area contributed by atoms with Crippen LogP contribution in [0.25, 0.3) is 0 Å². The molecule has 0 nitrogen and oxygen atoms in total. The maximum atomic E-state index is 2.71. The Labute approximate surface area is 132 Å². The Balaban J connectivity index is 1.78. The third-order valence-electron chi connectivity index (χ3n) is 10.2. The number of rotatable bonds is 1. The lowest BCUT2D eigenvalue weighted by atomic mass is 9.22. The molecule has 0 heteroatoms. The SMILES string of the molecule is CC1(C2CC2)CCCC2(C)C(C)(C1)C1(C)CCCC[C@@]12C. The summed E-state index contributed by atoms with van der Waals surface area (Å²) in [7, 11) is 0. The molecule has 4 rings (SSSR count). The van der Waals surface area contributed by atoms with E-state index < -0.39 is 0 Å². The topological polar surface area (TPSA) is 0 Å². The summed E-state index contributed by atoms with van der Waals surface area (Å²) in [6.07, 6.45) is 15.0. The highest BCUT2D eigenvalue weighted by Gasteiger charge is 2.79. The van der Waals surface area contributed by atoms with E-state index in [1.165, 1.54) is 64.2 Å². The molecule has 0 aromatic rings. The average Bonchev–Trinajstić information content (AvgIpc) is 3.25. The summed E-state index contributed by atoms with van der Waals surface area (Å²) in [6.45, 7) is 13.4. The monoisotopic (exact) mass is 288 g/mol. The predicted molar refractivity (Wildman–Crippen MR) is 90.2 cm³/mol. The highest BCUT2D eigenvalue weighted by molar-refractivity contribution is 5.27. The zero-order chi connectivity index (χ0) is 15.1. The summed E-state index contributed by atoms with van der Waals surface area (Å²) in [5.41, 5.74) is 3.06. The van der Waals surface area contributed by atoms with Gasteiger partial charge in [0.05, 0.1) is 0 Å². The first-order valence-electron chi connectivity index (χ1n) is 9.73. The van der Waals surface area contributed by atoms with Crippen LogP contribution in [0.5, 0.6) is 0 Å². The van der Waals surface area contributed by atoms with E-state index in [2.05, 4.69) is 34.6 Å². The van der Waals surface area contributed by atoms with Crippen LogP contribution in [-0.2, 0) is 0 Å². The maximum absolute atomic E-state index is 2.71. The third kappa shape index (κ3) is 1.40. The minimum absolute atomic E-state index is 0.586. The van der Waals surface area contributed by atoms with Gasteiger partial charge in [-0.2, -0.15) is 0 Å². The first kappa shape index (κ1) is 14.6. The molecular weight excluding hydrogens is 252 g/mol. The van der Waals surface area contributed by atoms with Crippen molar-refractivity contribution in [2.75, 3.05) is 0 Å². The molecule has 4 saturated carbocycles. The normalized spacial score (nSPS) is 60.4. The number of hydrogen-bond donors (Lipinski definition) is 0. The van der Waals surface area contributed by atoms with Gasteiger partial charge >= 0.3 is 0 Å². The lowest BCUT2D eigenvalue weighted by molar-refractivity contribution is -0.341. The van der Waals surface area contributed by atoms with Crippen molar-refractivity contribution in [1.29, 1.82) is 0 Å². The smallest absolute Gasteiger partial charge is 0.0202 e. The fourth-order valence-electron chi connectivity index (χ4n) is 8.25. The molecule has 4 fully saturated rings. The van der Waals surface area contributed by atoms with Gasteiger partial charge in [-0.1, -0.05) is 53.9 Å². The molecule has 0 spiro atoms. The second-order valence-electron chi connectivity index (χ2n) is 10.5. The Morgan fingerprint density at radius 2 is 1.05 bits per heavy atom. The minimum atomic E-state index is 0.586. The van der Waals surface area contributed by atoms with E-state index in [-0.39, 0.29) is 0 Å². The van der Waals surface area contributed by atoms with Gasteiger partial charge < -0.3 is 0 Å². The third-order valence-corrected chi connectivity index (χ3v) is 10.2. The number of fused-ring (bicyclic) bond motifs is 4. The Morgan fingerprint density at radius 1 is 0.571 bits per heavy atom. The van der Waals surface area contributed by atoms with Gasteiger partial charge in [0.15, 0.2) is 0 Å². The van der Waals surface area contributed by atoms with Gasteiger partial charge in [0.1, 0.15) is 0 Å². The van der Waals surface area contributed by atoms with Crippen molar-refractivity contribution in [2.24, 2.45) is 33.0 Å². The van der Waals surface area contributed by atoms with Crippen LogP contribution in [0.15, 0.2) is 0 Å². The van der Waals surface area contributed by atoms with Crippen molar-refractivity contribution in [1.82, 2.24) is 0 Å². The summed E-state index contributed by atoms with van der Waals surface area (Å²) >= 11 is 0. The van der Waals surface area contributed by atoms with Crippen LogP contribution in [0.1, 0.15) is 98.8 Å². The molecule has 0 aromatic heterocycles. The quantitative estimate of drug-likeness (QED) is 0.510. The van der Waals surface area contributed by atoms with Crippen molar-refractivity contribution >= 4 is 0 Å². The molecule has 0 heterocycles. The van der Waals surface area contributed by atoms with Gasteiger partial charge in [-0.3, -0.25) is 0 Å². The van der Waals surface area contributed by atoms with Crippen molar-refractivity contribution < 1.29 is 0 Å². The molecule has 0 saturated heterocycles. The van der Waals surface area contributed by atoms with Crippen molar-refractivity contribution in [2.45, 2.75) is 98.8 Å². The van der Waals surface area contributed by atoms with Gasteiger partial charge in [-0.05, 0) is 77.9 Å². The lowest BCUT2D eigenvalue weighted by Crippen LogP contribution is -2.76. The molecule has 0 radical (unpaired) electrons. The van der Waals surface area contributed by atoms with Crippen LogP contribution in [0.4, 0.5) is 0 Å². The van der Waals surface area contributed by atoms with Crippen LogP contribution in [0, 0.1) is 33.0 Å². The standard InChI is InChI=1S/C21H36/c1-17(16-9-10-16)11-8-14-20(4)18(2)12-6-7-13-19(18,3)21(20,5)15-17/h16H,6-15H2,1-5H3/t17?,18-,19?,20?,21?/m0/s1. The Kier molecular flexibility index (Phi) is 2.71. The highest BCUT2D eigenvalue weighted by Crippen LogP contribution is 2.86. The van der Waals surface area contributed by atoms with Gasteiger partial charge in [0.2, 0.25) is 0 Å². The van der Waals surface area contributed by atoms with Crippen LogP contribution < -0.4 is 0 Å². The summed E-state index contributed by atoms with van der Waals surface area (Å²) in [5, 5.41) is 0. The van der Waals surface area contributed by atoms with E-state index in [0.717, 1.165) is 5.92 Å². The molecule has 0 amide bonds. The summed E-state index contributed by atoms with van der Waals surface area (Å²) in [6, 6.07) is 0. The molecule has 4 unspecified atom stereocenters. The predicted octanol–water partition coefficient (Wildman–Crippen LogP) is 6.59. The Bertz CT molecular complexity index is 463. The summed E-state index contributed by atoms with van der Waals surface area (Å²) in [4.78, 5) is 0. The van der Waals surface area contributed by atoms with Gasteiger partial charge in [-0.25, -0.2) is 0 Å². The van der Waals surface area contributed by atoms with E-state index in [0.29, 0.717) is 27.1 Å². The Morgan fingerprint density at radius 3 is 1.57 bits per heavy atom. The fourth-order valence-corrected chi connectivity index (χ4v) is 8.25. The van der Waals surface area contributed by atoms with Crippen molar-refractivity contribution in [3.05, 3.63) is 0 Å². The van der Waals surface area contributed by atoms with Crippen LogP contribution in [-0.4, -0.2) is 0 Å². The molecule has 0 aliphatic heterocycles. The second-order valence-corrected chi connectivity index (χ2v) is 10.5. The molecule has 4 aliphatic carbocycles. The van der Waals surface area contributed by atoms with Gasteiger partial charge in [0.25, 0.3) is 0 Å². The molecule has 0 aromatic carbocycles. The van der Waals surface area contributed by atoms with E-state index in [4.69, 9.17) is 0 Å². The zero-order valence-corrected chi connectivity index (χ0v) is 15.1. The average molecular weight is 289 g/mol. The van der Waals surface area contributed by atoms with E-state index >= 15 is 0 Å². The summed E-state index contributed by atoms with van der Waals surface area (Å²) in [5.74, 6) is 1.07. The maximum Gasteiger partial charge on any atom is -0.0202 e. The van der Waals surface area contributed by atoms with Gasteiger partial charge in [-0.15, -0.1) is 0 Å². The first-order valence-corrected chi connectivity index (χ1v) is 9.73. The lowest BCUT2D eigenvalue weighted by Gasteiger charge is -2.82. The molecule has 4 aliphatic rings. The zero-order valence-electron chi connectivity index (χ0n) is 15.1. The second kappa shape index (κ2) is 3.90. The van der Waals surface area contributed by atoms with E-state index in [9.17, 15) is 0 Å². The molecular formula is C21H36. The fraction of sp³-hybridized carbons (Fsp3) is 1.00.